The molecule has 0 aliphatic heterocycles. The van der Waals surface area contributed by atoms with Crippen LogP contribution in [0, 0.1) is 11.3 Å². The topological polar surface area (TPSA) is 33.0 Å². The summed E-state index contributed by atoms with van der Waals surface area (Å²) in [6.45, 7) is 4.39. The Morgan fingerprint density at radius 2 is 2.00 bits per heavy atom. The summed E-state index contributed by atoms with van der Waals surface area (Å²) in [5, 5.41) is 8.78. The fourth-order valence-corrected chi connectivity index (χ4v) is 2.04. The van der Waals surface area contributed by atoms with Gasteiger partial charge in [-0.3, -0.25) is 0 Å². The summed E-state index contributed by atoms with van der Waals surface area (Å²) in [7, 11) is 1.65. The summed E-state index contributed by atoms with van der Waals surface area (Å²) in [6.07, 6.45) is 2.68. The van der Waals surface area contributed by atoms with E-state index in [2.05, 4.69) is 32.0 Å². The third-order valence-corrected chi connectivity index (χ3v) is 3.03. The molecule has 0 amide bonds. The molecule has 0 N–H and O–H groups in total. The third kappa shape index (κ3) is 2.76. The average molecular weight is 217 g/mol. The number of rotatable bonds is 5. The van der Waals surface area contributed by atoms with Crippen molar-refractivity contribution in [1.29, 1.82) is 5.26 Å². The maximum absolute atomic E-state index is 8.78. The minimum absolute atomic E-state index is 0.414. The van der Waals surface area contributed by atoms with E-state index in [0.29, 0.717) is 12.3 Å². The molecule has 0 aliphatic rings. The minimum atomic E-state index is 0.414. The van der Waals surface area contributed by atoms with Crippen LogP contribution in [0.2, 0.25) is 0 Å². The second-order valence-electron chi connectivity index (χ2n) is 3.92. The predicted molar refractivity (Wildman–Crippen MR) is 65.6 cm³/mol. The Morgan fingerprint density at radius 3 is 2.50 bits per heavy atom. The summed E-state index contributed by atoms with van der Waals surface area (Å²) < 4.78 is 5.25. The molecule has 0 heterocycles. The Kier molecular flexibility index (Phi) is 4.85. The maximum Gasteiger partial charge on any atom is 0.123 e. The van der Waals surface area contributed by atoms with E-state index in [-0.39, 0.29) is 0 Å². The summed E-state index contributed by atoms with van der Waals surface area (Å²) in [5.41, 5.74) is 2.31. The van der Waals surface area contributed by atoms with E-state index in [1.54, 1.807) is 7.11 Å². The van der Waals surface area contributed by atoms with E-state index in [4.69, 9.17) is 10.00 Å². The summed E-state index contributed by atoms with van der Waals surface area (Å²) in [6, 6.07) is 8.37. The zero-order chi connectivity index (χ0) is 12.0. The molecule has 2 heteroatoms. The molecular formula is C14H19NO. The van der Waals surface area contributed by atoms with E-state index < -0.39 is 0 Å². The molecule has 0 aliphatic carbocycles. The first-order chi connectivity index (χ1) is 7.76. The van der Waals surface area contributed by atoms with Crippen molar-refractivity contribution in [3.05, 3.63) is 29.3 Å². The molecular weight excluding hydrogens is 198 g/mol. The van der Waals surface area contributed by atoms with E-state index in [1.165, 1.54) is 5.56 Å². The highest BCUT2D eigenvalue weighted by Gasteiger charge is 2.10. The lowest BCUT2D eigenvalue weighted by molar-refractivity contribution is 0.410. The number of hydrogen-bond acceptors (Lipinski definition) is 2. The number of nitrogens with zero attached hydrogens (tertiary/aromatic N) is 1. The Morgan fingerprint density at radius 1 is 1.31 bits per heavy atom. The van der Waals surface area contributed by atoms with Gasteiger partial charge < -0.3 is 4.74 Å². The third-order valence-electron chi connectivity index (χ3n) is 3.03. The van der Waals surface area contributed by atoms with Crippen LogP contribution in [-0.2, 0) is 6.42 Å². The lowest BCUT2D eigenvalue weighted by Gasteiger charge is -2.15. The van der Waals surface area contributed by atoms with Gasteiger partial charge in [0.15, 0.2) is 0 Å². The molecule has 0 atom stereocenters. The normalized spacial score (nSPS) is 10.2. The smallest absolute Gasteiger partial charge is 0.123 e. The zero-order valence-electron chi connectivity index (χ0n) is 10.3. The van der Waals surface area contributed by atoms with E-state index in [9.17, 15) is 0 Å². The fourth-order valence-electron chi connectivity index (χ4n) is 2.04. The molecule has 0 unspecified atom stereocenters. The van der Waals surface area contributed by atoms with Crippen molar-refractivity contribution in [2.75, 3.05) is 7.11 Å². The molecule has 1 aromatic rings. The summed E-state index contributed by atoms with van der Waals surface area (Å²) in [4.78, 5) is 0. The molecule has 0 saturated heterocycles. The molecule has 0 radical (unpaired) electrons. The van der Waals surface area contributed by atoms with Gasteiger partial charge in [0.2, 0.25) is 0 Å². The van der Waals surface area contributed by atoms with Gasteiger partial charge in [-0.15, -0.1) is 0 Å². The van der Waals surface area contributed by atoms with E-state index >= 15 is 0 Å². The first-order valence-electron chi connectivity index (χ1n) is 5.80. The molecule has 0 saturated carbocycles. The van der Waals surface area contributed by atoms with Gasteiger partial charge in [0, 0.05) is 5.56 Å². The van der Waals surface area contributed by atoms with Gasteiger partial charge in [-0.05, 0) is 30.4 Å². The standard InChI is InChI=1S/C14H19NO/c1-4-11(5-2)12-6-7-14(16-3)13(10-12)8-9-15/h6-7,10-11H,4-5,8H2,1-3H3. The first kappa shape index (κ1) is 12.6. The van der Waals surface area contributed by atoms with E-state index in [0.717, 1.165) is 24.2 Å². The quantitative estimate of drug-likeness (QED) is 0.754. The molecule has 86 valence electrons. The number of benzene rings is 1. The number of ether oxygens (including phenoxy) is 1. The van der Waals surface area contributed by atoms with Crippen LogP contribution < -0.4 is 4.74 Å². The molecule has 0 fully saturated rings. The summed E-state index contributed by atoms with van der Waals surface area (Å²) >= 11 is 0. The monoisotopic (exact) mass is 217 g/mol. The van der Waals surface area contributed by atoms with Crippen LogP contribution in [0.25, 0.3) is 0 Å². The van der Waals surface area contributed by atoms with Gasteiger partial charge in [0.1, 0.15) is 5.75 Å². The highest BCUT2D eigenvalue weighted by molar-refractivity contribution is 5.40. The van der Waals surface area contributed by atoms with Crippen molar-refractivity contribution < 1.29 is 4.74 Å². The molecule has 1 aromatic carbocycles. The van der Waals surface area contributed by atoms with Crippen LogP contribution in [-0.4, -0.2) is 7.11 Å². The Hall–Kier alpha value is -1.49. The Labute approximate surface area is 97.9 Å². The number of methoxy groups -OCH3 is 1. The van der Waals surface area contributed by atoms with Crippen molar-refractivity contribution in [2.45, 2.75) is 39.0 Å². The van der Waals surface area contributed by atoms with E-state index in [1.807, 2.05) is 6.07 Å². The van der Waals surface area contributed by atoms with Crippen LogP contribution in [0.3, 0.4) is 0 Å². The largest absolute Gasteiger partial charge is 0.496 e. The first-order valence-corrected chi connectivity index (χ1v) is 5.80. The van der Waals surface area contributed by atoms with Gasteiger partial charge >= 0.3 is 0 Å². The second-order valence-corrected chi connectivity index (χ2v) is 3.92. The lowest BCUT2D eigenvalue weighted by Crippen LogP contribution is -1.98. The lowest BCUT2D eigenvalue weighted by atomic mass is 9.92. The van der Waals surface area contributed by atoms with Gasteiger partial charge in [-0.1, -0.05) is 26.0 Å². The van der Waals surface area contributed by atoms with Gasteiger partial charge in [0.25, 0.3) is 0 Å². The van der Waals surface area contributed by atoms with Crippen molar-refractivity contribution in [3.63, 3.8) is 0 Å². The van der Waals surface area contributed by atoms with Crippen LogP contribution in [0.1, 0.15) is 43.7 Å². The molecule has 1 rings (SSSR count). The van der Waals surface area contributed by atoms with Crippen LogP contribution in [0.15, 0.2) is 18.2 Å². The molecule has 0 spiro atoms. The Balaban J connectivity index is 3.06. The van der Waals surface area contributed by atoms with Crippen molar-refractivity contribution in [1.82, 2.24) is 0 Å². The predicted octanol–water partition coefficient (Wildman–Crippen LogP) is 3.66. The molecule has 16 heavy (non-hydrogen) atoms. The van der Waals surface area contributed by atoms with Crippen LogP contribution in [0.5, 0.6) is 5.75 Å². The summed E-state index contributed by atoms with van der Waals surface area (Å²) in [5.74, 6) is 1.40. The zero-order valence-corrected chi connectivity index (χ0v) is 10.3. The fraction of sp³-hybridized carbons (Fsp3) is 0.500. The molecule has 0 bridgehead atoms. The maximum atomic E-state index is 8.78. The van der Waals surface area contributed by atoms with Gasteiger partial charge in [-0.2, -0.15) is 5.26 Å². The van der Waals surface area contributed by atoms with Crippen molar-refractivity contribution in [2.24, 2.45) is 0 Å². The van der Waals surface area contributed by atoms with Crippen molar-refractivity contribution >= 4 is 0 Å². The number of hydrogen-bond donors (Lipinski definition) is 0. The van der Waals surface area contributed by atoms with Crippen molar-refractivity contribution in [3.8, 4) is 11.8 Å². The molecule has 0 aromatic heterocycles. The van der Waals surface area contributed by atoms with Crippen LogP contribution >= 0.6 is 0 Å². The van der Waals surface area contributed by atoms with Crippen LogP contribution in [0.4, 0.5) is 0 Å². The Bertz CT molecular complexity index is 375. The minimum Gasteiger partial charge on any atom is -0.496 e. The van der Waals surface area contributed by atoms with Gasteiger partial charge in [-0.25, -0.2) is 0 Å². The molecule has 2 nitrogen and oxygen atoms in total. The number of nitriles is 1. The van der Waals surface area contributed by atoms with Gasteiger partial charge in [0.05, 0.1) is 19.6 Å². The highest BCUT2D eigenvalue weighted by Crippen LogP contribution is 2.28. The highest BCUT2D eigenvalue weighted by atomic mass is 16.5. The SMILES string of the molecule is CCC(CC)c1ccc(OC)c(CC#N)c1. The second kappa shape index (κ2) is 6.17. The average Bonchev–Trinajstić information content (AvgIpc) is 2.31.